The molecular formula is C11H13BrN2O. The van der Waals surface area contributed by atoms with E-state index < -0.39 is 6.10 Å². The first-order valence-corrected chi connectivity index (χ1v) is 5.66. The molecule has 1 atom stereocenters. The topological polar surface area (TPSA) is 62.0 Å². The minimum absolute atomic E-state index is 0.471. The van der Waals surface area contributed by atoms with Crippen LogP contribution in [0.4, 0.5) is 0 Å². The number of hydrogen-bond acceptors (Lipinski definition) is 2. The van der Waals surface area contributed by atoms with E-state index in [2.05, 4.69) is 20.9 Å². The highest BCUT2D eigenvalue weighted by Crippen LogP contribution is 2.26. The predicted octanol–water partition coefficient (Wildman–Crippen LogP) is 2.31. The van der Waals surface area contributed by atoms with E-state index in [1.807, 2.05) is 24.4 Å². The number of H-pyrrole nitrogens is 1. The predicted molar refractivity (Wildman–Crippen MR) is 64.6 cm³/mol. The lowest BCUT2D eigenvalue weighted by atomic mass is 10.1. The van der Waals surface area contributed by atoms with Crippen LogP contribution in [0, 0.1) is 0 Å². The highest BCUT2D eigenvalue weighted by Gasteiger charge is 2.08. The number of aliphatic hydroxyl groups is 1. The molecule has 0 saturated carbocycles. The number of rotatable bonds is 3. The first-order valence-electron chi connectivity index (χ1n) is 4.87. The molecule has 4 heteroatoms. The first-order chi connectivity index (χ1) is 7.22. The average molecular weight is 269 g/mol. The van der Waals surface area contributed by atoms with Gasteiger partial charge in [-0.1, -0.05) is 12.1 Å². The summed E-state index contributed by atoms with van der Waals surface area (Å²) in [5.74, 6) is 0. The Morgan fingerprint density at radius 2 is 2.27 bits per heavy atom. The van der Waals surface area contributed by atoms with Crippen molar-refractivity contribution in [3.63, 3.8) is 0 Å². The SMILES string of the molecule is NCCC(O)c1ccc2c(Br)c[nH]c2c1. The number of nitrogens with two attached hydrogens (primary N) is 1. The number of benzene rings is 1. The fourth-order valence-corrected chi connectivity index (χ4v) is 2.10. The molecule has 0 aliphatic carbocycles. The molecule has 1 aromatic heterocycles. The minimum atomic E-state index is -0.471. The van der Waals surface area contributed by atoms with Crippen LogP contribution in [0.2, 0.25) is 0 Å². The van der Waals surface area contributed by atoms with Gasteiger partial charge in [-0.25, -0.2) is 0 Å². The van der Waals surface area contributed by atoms with E-state index in [1.165, 1.54) is 0 Å². The Morgan fingerprint density at radius 3 is 3.00 bits per heavy atom. The molecule has 1 unspecified atom stereocenters. The molecule has 2 rings (SSSR count). The summed E-state index contributed by atoms with van der Waals surface area (Å²) in [7, 11) is 0. The maximum absolute atomic E-state index is 9.78. The lowest BCUT2D eigenvalue weighted by Crippen LogP contribution is -2.06. The Labute approximate surface area is 96.4 Å². The van der Waals surface area contributed by atoms with Gasteiger partial charge in [0.15, 0.2) is 0 Å². The second kappa shape index (κ2) is 4.35. The largest absolute Gasteiger partial charge is 0.388 e. The van der Waals surface area contributed by atoms with Gasteiger partial charge in [-0.2, -0.15) is 0 Å². The van der Waals surface area contributed by atoms with Gasteiger partial charge in [-0.3, -0.25) is 0 Å². The molecule has 3 nitrogen and oxygen atoms in total. The van der Waals surface area contributed by atoms with E-state index in [1.54, 1.807) is 0 Å². The van der Waals surface area contributed by atoms with Crippen molar-refractivity contribution in [2.24, 2.45) is 5.73 Å². The highest BCUT2D eigenvalue weighted by atomic mass is 79.9. The zero-order valence-corrected chi connectivity index (χ0v) is 9.79. The number of hydrogen-bond donors (Lipinski definition) is 3. The van der Waals surface area contributed by atoms with Crippen LogP contribution >= 0.6 is 15.9 Å². The quantitative estimate of drug-likeness (QED) is 0.800. The van der Waals surface area contributed by atoms with Crippen LogP contribution in [0.25, 0.3) is 10.9 Å². The van der Waals surface area contributed by atoms with Gasteiger partial charge in [0, 0.05) is 21.6 Å². The van der Waals surface area contributed by atoms with Crippen molar-refractivity contribution in [3.05, 3.63) is 34.4 Å². The number of aliphatic hydroxyl groups excluding tert-OH is 1. The van der Waals surface area contributed by atoms with E-state index >= 15 is 0 Å². The summed E-state index contributed by atoms with van der Waals surface area (Å²) in [5.41, 5.74) is 7.34. The molecule has 1 aromatic carbocycles. The molecule has 4 N–H and O–H groups in total. The van der Waals surface area contributed by atoms with E-state index in [0.29, 0.717) is 13.0 Å². The minimum Gasteiger partial charge on any atom is -0.388 e. The molecule has 0 aliphatic heterocycles. The molecule has 0 bridgehead atoms. The lowest BCUT2D eigenvalue weighted by Gasteiger charge is -2.09. The second-order valence-corrected chi connectivity index (χ2v) is 4.39. The number of halogens is 1. The Morgan fingerprint density at radius 1 is 1.47 bits per heavy atom. The molecular weight excluding hydrogens is 256 g/mol. The molecule has 0 fully saturated rings. The fraction of sp³-hybridized carbons (Fsp3) is 0.273. The van der Waals surface area contributed by atoms with Crippen molar-refractivity contribution in [2.75, 3.05) is 6.54 Å². The van der Waals surface area contributed by atoms with E-state index in [-0.39, 0.29) is 0 Å². The van der Waals surface area contributed by atoms with Crippen molar-refractivity contribution < 1.29 is 5.11 Å². The third kappa shape index (κ3) is 2.07. The van der Waals surface area contributed by atoms with E-state index in [0.717, 1.165) is 20.9 Å². The summed E-state index contributed by atoms with van der Waals surface area (Å²) in [6, 6.07) is 5.88. The monoisotopic (exact) mass is 268 g/mol. The molecule has 0 amide bonds. The van der Waals surface area contributed by atoms with Crippen LogP contribution in [-0.2, 0) is 0 Å². The first kappa shape index (κ1) is 10.7. The number of nitrogens with one attached hydrogen (secondary N) is 1. The van der Waals surface area contributed by atoms with Gasteiger partial charge in [0.2, 0.25) is 0 Å². The molecule has 0 aliphatic rings. The van der Waals surface area contributed by atoms with E-state index in [9.17, 15) is 5.11 Å². The van der Waals surface area contributed by atoms with Gasteiger partial charge in [-0.05, 0) is 40.5 Å². The Bertz CT molecular complexity index is 467. The third-order valence-electron chi connectivity index (χ3n) is 2.48. The van der Waals surface area contributed by atoms with Crippen LogP contribution in [-0.4, -0.2) is 16.6 Å². The summed E-state index contributed by atoms with van der Waals surface area (Å²) in [5, 5.41) is 10.9. The van der Waals surface area contributed by atoms with Gasteiger partial charge in [-0.15, -0.1) is 0 Å². The maximum Gasteiger partial charge on any atom is 0.0802 e. The van der Waals surface area contributed by atoms with Gasteiger partial charge in [0.1, 0.15) is 0 Å². The molecule has 15 heavy (non-hydrogen) atoms. The van der Waals surface area contributed by atoms with Crippen molar-refractivity contribution >= 4 is 26.8 Å². The Balaban J connectivity index is 2.38. The van der Waals surface area contributed by atoms with Gasteiger partial charge < -0.3 is 15.8 Å². The zero-order chi connectivity index (χ0) is 10.8. The maximum atomic E-state index is 9.78. The fourth-order valence-electron chi connectivity index (χ4n) is 1.64. The highest BCUT2D eigenvalue weighted by molar-refractivity contribution is 9.10. The number of fused-ring (bicyclic) bond motifs is 1. The van der Waals surface area contributed by atoms with Crippen molar-refractivity contribution in [3.8, 4) is 0 Å². The third-order valence-corrected chi connectivity index (χ3v) is 3.14. The van der Waals surface area contributed by atoms with Crippen LogP contribution < -0.4 is 5.73 Å². The van der Waals surface area contributed by atoms with Crippen molar-refractivity contribution in [2.45, 2.75) is 12.5 Å². The smallest absolute Gasteiger partial charge is 0.0802 e. The van der Waals surface area contributed by atoms with Crippen LogP contribution in [0.1, 0.15) is 18.1 Å². The van der Waals surface area contributed by atoms with Crippen LogP contribution in [0.3, 0.4) is 0 Å². The van der Waals surface area contributed by atoms with Gasteiger partial charge >= 0.3 is 0 Å². The number of aromatic amines is 1. The number of aromatic nitrogens is 1. The summed E-state index contributed by atoms with van der Waals surface area (Å²) in [4.78, 5) is 3.14. The molecule has 0 radical (unpaired) electrons. The Hall–Kier alpha value is -0.840. The van der Waals surface area contributed by atoms with Gasteiger partial charge in [0.25, 0.3) is 0 Å². The second-order valence-electron chi connectivity index (χ2n) is 3.53. The van der Waals surface area contributed by atoms with Crippen molar-refractivity contribution in [1.29, 1.82) is 0 Å². The molecule has 2 aromatic rings. The molecule has 0 saturated heterocycles. The summed E-state index contributed by atoms with van der Waals surface area (Å²) in [6.45, 7) is 0.494. The standard InChI is InChI=1S/C11H13BrN2O/c12-9-6-14-10-5-7(1-2-8(9)10)11(15)3-4-13/h1-2,5-6,11,14-15H,3-4,13H2. The summed E-state index contributed by atoms with van der Waals surface area (Å²) >= 11 is 3.45. The molecule has 0 spiro atoms. The molecule has 1 heterocycles. The average Bonchev–Trinajstić information content (AvgIpc) is 2.60. The zero-order valence-electron chi connectivity index (χ0n) is 8.20. The normalized spacial score (nSPS) is 13.3. The summed E-state index contributed by atoms with van der Waals surface area (Å²) < 4.78 is 1.04. The van der Waals surface area contributed by atoms with Crippen LogP contribution in [0.15, 0.2) is 28.9 Å². The molecule has 80 valence electrons. The van der Waals surface area contributed by atoms with Crippen molar-refractivity contribution in [1.82, 2.24) is 4.98 Å². The van der Waals surface area contributed by atoms with Crippen LogP contribution in [0.5, 0.6) is 0 Å². The van der Waals surface area contributed by atoms with Gasteiger partial charge in [0.05, 0.1) is 6.10 Å². The lowest BCUT2D eigenvalue weighted by molar-refractivity contribution is 0.170. The van der Waals surface area contributed by atoms with E-state index in [4.69, 9.17) is 5.73 Å². The summed E-state index contributed by atoms with van der Waals surface area (Å²) in [6.07, 6.45) is 2.01. The Kier molecular flexibility index (Phi) is 3.09.